The Hall–Kier alpha value is -3.22. The van der Waals surface area contributed by atoms with E-state index in [0.29, 0.717) is 28.1 Å². The van der Waals surface area contributed by atoms with Gasteiger partial charge in [0.05, 0.1) is 12.8 Å². The summed E-state index contributed by atoms with van der Waals surface area (Å²) in [4.78, 5) is 35.6. The summed E-state index contributed by atoms with van der Waals surface area (Å²) in [6.45, 7) is 3.16. The normalized spacial score (nSPS) is 10.2. The highest BCUT2D eigenvalue weighted by molar-refractivity contribution is 6.10. The third-order valence-corrected chi connectivity index (χ3v) is 3.88. The van der Waals surface area contributed by atoms with E-state index < -0.39 is 0 Å². The van der Waals surface area contributed by atoms with Crippen LogP contribution in [0.25, 0.3) is 0 Å². The molecule has 0 atom stereocenters. The number of rotatable bonds is 7. The second-order valence-corrected chi connectivity index (χ2v) is 5.99. The summed E-state index contributed by atoms with van der Waals surface area (Å²) in [6, 6.07) is 8.81. The molecule has 27 heavy (non-hydrogen) atoms. The smallest absolute Gasteiger partial charge is 0.226 e. The van der Waals surface area contributed by atoms with Gasteiger partial charge < -0.3 is 15.4 Å². The Morgan fingerprint density at radius 3 is 2.37 bits per heavy atom. The van der Waals surface area contributed by atoms with Crippen molar-refractivity contribution in [3.05, 3.63) is 58.9 Å². The number of carbonyl (C=O) groups is 3. The number of halogens is 1. The van der Waals surface area contributed by atoms with Crippen molar-refractivity contribution >= 4 is 23.3 Å². The standard InChI is InChI=1S/C20H21FN2O4/c1-12-10-14(4-6-16(12)21)20(26)15-5-7-18(27-3)17(11-15)23-19(25)8-9-22-13(2)24/h4-7,10-11H,8-9H2,1-3H3,(H,22,24)(H,23,25). The first-order chi connectivity index (χ1) is 12.8. The molecule has 0 heterocycles. The topological polar surface area (TPSA) is 84.5 Å². The van der Waals surface area contributed by atoms with Gasteiger partial charge in [0.25, 0.3) is 0 Å². The molecule has 2 aromatic rings. The number of anilines is 1. The van der Waals surface area contributed by atoms with Gasteiger partial charge in [0, 0.05) is 31.0 Å². The van der Waals surface area contributed by atoms with Crippen LogP contribution in [-0.2, 0) is 9.59 Å². The minimum Gasteiger partial charge on any atom is -0.495 e. The van der Waals surface area contributed by atoms with Crippen LogP contribution in [0.2, 0.25) is 0 Å². The molecular formula is C20H21FN2O4. The minimum absolute atomic E-state index is 0.0814. The van der Waals surface area contributed by atoms with Crippen molar-refractivity contribution < 1.29 is 23.5 Å². The van der Waals surface area contributed by atoms with Crippen molar-refractivity contribution in [1.82, 2.24) is 5.32 Å². The summed E-state index contributed by atoms with van der Waals surface area (Å²) in [5, 5.41) is 5.21. The number of nitrogens with one attached hydrogen (secondary N) is 2. The van der Waals surface area contributed by atoms with Crippen molar-refractivity contribution in [2.45, 2.75) is 20.3 Å². The lowest BCUT2D eigenvalue weighted by molar-refractivity contribution is -0.119. The number of benzene rings is 2. The largest absolute Gasteiger partial charge is 0.495 e. The molecule has 142 valence electrons. The molecular weight excluding hydrogens is 351 g/mol. The first-order valence-electron chi connectivity index (χ1n) is 8.35. The zero-order chi connectivity index (χ0) is 20.0. The monoisotopic (exact) mass is 372 g/mol. The Balaban J connectivity index is 2.20. The van der Waals surface area contributed by atoms with Gasteiger partial charge in [0.2, 0.25) is 11.8 Å². The van der Waals surface area contributed by atoms with Gasteiger partial charge >= 0.3 is 0 Å². The Kier molecular flexibility index (Phi) is 6.65. The van der Waals surface area contributed by atoms with Gasteiger partial charge in [0.1, 0.15) is 11.6 Å². The second kappa shape index (κ2) is 8.93. The molecule has 7 heteroatoms. The Morgan fingerprint density at radius 2 is 1.74 bits per heavy atom. The van der Waals surface area contributed by atoms with Crippen LogP contribution < -0.4 is 15.4 Å². The van der Waals surface area contributed by atoms with Crippen LogP contribution in [0.4, 0.5) is 10.1 Å². The first kappa shape index (κ1) is 20.1. The highest BCUT2D eigenvalue weighted by Crippen LogP contribution is 2.27. The molecule has 0 aliphatic rings. The van der Waals surface area contributed by atoms with E-state index in [2.05, 4.69) is 10.6 Å². The lowest BCUT2D eigenvalue weighted by atomic mass is 10.0. The average molecular weight is 372 g/mol. The maximum atomic E-state index is 13.4. The lowest BCUT2D eigenvalue weighted by Crippen LogP contribution is -2.25. The molecule has 2 rings (SSSR count). The van der Waals surface area contributed by atoms with Crippen molar-refractivity contribution in [3.63, 3.8) is 0 Å². The number of ketones is 1. The van der Waals surface area contributed by atoms with E-state index in [1.54, 1.807) is 19.1 Å². The predicted molar refractivity (Wildman–Crippen MR) is 99.5 cm³/mol. The molecule has 0 aliphatic heterocycles. The van der Waals surface area contributed by atoms with Crippen molar-refractivity contribution in [2.24, 2.45) is 0 Å². The van der Waals surface area contributed by atoms with E-state index in [1.807, 2.05) is 0 Å². The summed E-state index contributed by atoms with van der Waals surface area (Å²) < 4.78 is 18.6. The van der Waals surface area contributed by atoms with Crippen LogP contribution in [-0.4, -0.2) is 31.3 Å². The fourth-order valence-corrected chi connectivity index (χ4v) is 2.46. The third kappa shape index (κ3) is 5.37. The number of hydrogen-bond donors (Lipinski definition) is 2. The van der Waals surface area contributed by atoms with E-state index in [4.69, 9.17) is 4.74 Å². The number of aryl methyl sites for hydroxylation is 1. The molecule has 0 saturated carbocycles. The molecule has 0 unspecified atom stereocenters. The summed E-state index contributed by atoms with van der Waals surface area (Å²) >= 11 is 0. The lowest BCUT2D eigenvalue weighted by Gasteiger charge is -2.12. The fraction of sp³-hybridized carbons (Fsp3) is 0.250. The van der Waals surface area contributed by atoms with Crippen LogP contribution in [0.3, 0.4) is 0 Å². The maximum absolute atomic E-state index is 13.4. The van der Waals surface area contributed by atoms with E-state index >= 15 is 0 Å². The minimum atomic E-state index is -0.381. The van der Waals surface area contributed by atoms with Gasteiger partial charge in [-0.05, 0) is 48.9 Å². The number of methoxy groups -OCH3 is 1. The third-order valence-electron chi connectivity index (χ3n) is 3.88. The molecule has 0 bridgehead atoms. The van der Waals surface area contributed by atoms with E-state index in [9.17, 15) is 18.8 Å². The van der Waals surface area contributed by atoms with Gasteiger partial charge in [0.15, 0.2) is 5.78 Å². The zero-order valence-corrected chi connectivity index (χ0v) is 15.4. The molecule has 0 saturated heterocycles. The van der Waals surface area contributed by atoms with Gasteiger partial charge in [-0.1, -0.05) is 0 Å². The predicted octanol–water partition coefficient (Wildman–Crippen LogP) is 2.84. The van der Waals surface area contributed by atoms with Crippen LogP contribution in [0.15, 0.2) is 36.4 Å². The van der Waals surface area contributed by atoms with Crippen molar-refractivity contribution in [2.75, 3.05) is 19.0 Å². The van der Waals surface area contributed by atoms with Gasteiger partial charge in [-0.25, -0.2) is 4.39 Å². The molecule has 0 radical (unpaired) electrons. The van der Waals surface area contributed by atoms with Gasteiger partial charge in [-0.3, -0.25) is 14.4 Å². The van der Waals surface area contributed by atoms with Crippen LogP contribution in [0.5, 0.6) is 5.75 Å². The first-order valence-corrected chi connectivity index (χ1v) is 8.35. The van der Waals surface area contributed by atoms with Gasteiger partial charge in [-0.15, -0.1) is 0 Å². The second-order valence-electron chi connectivity index (χ2n) is 5.99. The molecule has 0 aliphatic carbocycles. The zero-order valence-electron chi connectivity index (χ0n) is 15.4. The molecule has 0 fully saturated rings. The molecule has 0 spiro atoms. The van der Waals surface area contributed by atoms with E-state index in [-0.39, 0.29) is 36.4 Å². The summed E-state index contributed by atoms with van der Waals surface area (Å²) in [5.41, 5.74) is 1.40. The number of carbonyl (C=O) groups excluding carboxylic acids is 3. The fourth-order valence-electron chi connectivity index (χ4n) is 2.46. The quantitative estimate of drug-likeness (QED) is 0.732. The van der Waals surface area contributed by atoms with E-state index in [1.165, 1.54) is 38.3 Å². The Bertz CT molecular complexity index is 880. The highest BCUT2D eigenvalue weighted by Gasteiger charge is 2.15. The highest BCUT2D eigenvalue weighted by atomic mass is 19.1. The molecule has 0 aromatic heterocycles. The number of ether oxygens (including phenoxy) is 1. The number of hydrogen-bond acceptors (Lipinski definition) is 4. The summed E-state index contributed by atoms with van der Waals surface area (Å²) in [7, 11) is 1.45. The van der Waals surface area contributed by atoms with Crippen molar-refractivity contribution in [1.29, 1.82) is 0 Å². The molecule has 2 aromatic carbocycles. The molecule has 2 amide bonds. The molecule has 6 nitrogen and oxygen atoms in total. The number of amides is 2. The summed E-state index contributed by atoms with van der Waals surface area (Å²) in [6.07, 6.45) is 0.0814. The van der Waals surface area contributed by atoms with Crippen LogP contribution in [0.1, 0.15) is 34.8 Å². The SMILES string of the molecule is COc1ccc(C(=O)c2ccc(F)c(C)c2)cc1NC(=O)CCNC(C)=O. The Labute approximate surface area is 156 Å². The van der Waals surface area contributed by atoms with Crippen LogP contribution >= 0.6 is 0 Å². The maximum Gasteiger partial charge on any atom is 0.226 e. The Morgan fingerprint density at radius 1 is 1.07 bits per heavy atom. The van der Waals surface area contributed by atoms with E-state index in [0.717, 1.165) is 0 Å². The van der Waals surface area contributed by atoms with Gasteiger partial charge in [-0.2, -0.15) is 0 Å². The van der Waals surface area contributed by atoms with Crippen molar-refractivity contribution in [3.8, 4) is 5.75 Å². The summed E-state index contributed by atoms with van der Waals surface area (Å²) in [5.74, 6) is -0.829. The molecule has 2 N–H and O–H groups in total. The average Bonchev–Trinajstić information content (AvgIpc) is 2.63. The van der Waals surface area contributed by atoms with Crippen LogP contribution in [0, 0.1) is 12.7 Å².